The van der Waals surface area contributed by atoms with Gasteiger partial charge in [0.15, 0.2) is 0 Å². The Labute approximate surface area is 177 Å². The van der Waals surface area contributed by atoms with E-state index in [1.165, 1.54) is 6.42 Å². The zero-order chi connectivity index (χ0) is 20.8. The normalized spacial score (nSPS) is 16.0. The maximum absolute atomic E-state index is 11.5. The molecule has 1 saturated heterocycles. The van der Waals surface area contributed by atoms with Crippen LogP contribution in [-0.2, 0) is 5.60 Å². The summed E-state index contributed by atoms with van der Waals surface area (Å²) in [7, 11) is 0. The molecule has 1 aliphatic heterocycles. The number of rotatable bonds is 4. The van der Waals surface area contributed by atoms with E-state index in [1.54, 1.807) is 32.0 Å². The van der Waals surface area contributed by atoms with Crippen LogP contribution < -0.4 is 0 Å². The van der Waals surface area contributed by atoms with E-state index in [9.17, 15) is 10.2 Å². The van der Waals surface area contributed by atoms with Crippen molar-refractivity contribution in [3.05, 3.63) is 65.7 Å². The lowest BCUT2D eigenvalue weighted by molar-refractivity contribution is 0.0755. The fourth-order valence-electron chi connectivity index (χ4n) is 2.78. The zero-order valence-corrected chi connectivity index (χ0v) is 18.3. The fraction of sp³-hybridized carbons (Fsp3) is 0.455. The molecule has 3 rings (SSSR count). The van der Waals surface area contributed by atoms with Crippen LogP contribution >= 0.6 is 23.5 Å². The lowest BCUT2D eigenvalue weighted by Gasteiger charge is -2.34. The second-order valence-electron chi connectivity index (χ2n) is 6.14. The summed E-state index contributed by atoms with van der Waals surface area (Å²) in [5.74, 6) is 2.50. The average Bonchev–Trinajstić information content (AvgIpc) is 2.71. The number of hydrogen-bond acceptors (Lipinski definition) is 6. The van der Waals surface area contributed by atoms with Gasteiger partial charge >= 0.3 is 0 Å². The van der Waals surface area contributed by atoms with Gasteiger partial charge in [0.05, 0.1) is 4.58 Å². The summed E-state index contributed by atoms with van der Waals surface area (Å²) in [5.41, 5.74) is 0.569. The van der Waals surface area contributed by atoms with E-state index in [0.29, 0.717) is 11.0 Å². The van der Waals surface area contributed by atoms with Crippen LogP contribution in [0.25, 0.3) is 0 Å². The molecule has 0 saturated carbocycles. The van der Waals surface area contributed by atoms with Crippen molar-refractivity contribution in [3.8, 4) is 5.75 Å². The average molecular weight is 425 g/mol. The number of aliphatic hydroxyl groups is 3. The molecule has 1 heterocycles. The molecular formula is C22H32O4S2. The summed E-state index contributed by atoms with van der Waals surface area (Å²) in [6, 6.07) is 16.8. The maximum Gasteiger partial charge on any atom is 0.117 e. The molecule has 4 N–H and O–H groups in total. The van der Waals surface area contributed by atoms with Gasteiger partial charge in [0.1, 0.15) is 11.4 Å². The standard InChI is InChI=1S/C18H20O2S2.2C2H6O/c19-16-9-4-8-15(12-16)18(20,14-6-2-1-3-7-14)13-17-21-10-5-11-22-17;2*1-2-3/h1-4,6-9,12,17,19-20H,5,10-11,13H2;2*3H,2H2,1H3. The zero-order valence-electron chi connectivity index (χ0n) is 16.6. The van der Waals surface area contributed by atoms with E-state index in [1.807, 2.05) is 59.9 Å². The van der Waals surface area contributed by atoms with Crippen LogP contribution in [0.4, 0.5) is 0 Å². The SMILES string of the molecule is CCO.CCO.Oc1cccc(C(O)(CC2SCCCS2)c2ccccc2)c1. The van der Waals surface area contributed by atoms with E-state index in [2.05, 4.69) is 0 Å². The first-order valence-electron chi connectivity index (χ1n) is 9.54. The Morgan fingerprint density at radius 1 is 0.893 bits per heavy atom. The number of aliphatic hydroxyl groups excluding tert-OH is 2. The Kier molecular flexibility index (Phi) is 12.3. The van der Waals surface area contributed by atoms with Crippen molar-refractivity contribution in [2.75, 3.05) is 24.7 Å². The van der Waals surface area contributed by atoms with Gasteiger partial charge in [-0.2, -0.15) is 0 Å². The molecule has 0 bridgehead atoms. The first kappa shape index (κ1) is 24.9. The molecule has 1 unspecified atom stereocenters. The highest BCUT2D eigenvalue weighted by atomic mass is 32.2. The Bertz CT molecular complexity index is 646. The third-order valence-electron chi connectivity index (χ3n) is 3.93. The maximum atomic E-state index is 11.5. The molecular weight excluding hydrogens is 392 g/mol. The summed E-state index contributed by atoms with van der Waals surface area (Å²) >= 11 is 3.85. The number of aromatic hydroxyl groups is 1. The molecule has 1 atom stereocenters. The van der Waals surface area contributed by atoms with Crippen molar-refractivity contribution in [3.63, 3.8) is 0 Å². The molecule has 2 aromatic carbocycles. The smallest absolute Gasteiger partial charge is 0.117 e. The molecule has 0 spiro atoms. The summed E-state index contributed by atoms with van der Waals surface area (Å²) in [6.45, 7) is 3.86. The minimum absolute atomic E-state index is 0.191. The van der Waals surface area contributed by atoms with Gasteiger partial charge in [-0.05, 0) is 55.0 Å². The molecule has 156 valence electrons. The van der Waals surface area contributed by atoms with Crippen molar-refractivity contribution >= 4 is 23.5 Å². The summed E-state index contributed by atoms with van der Waals surface area (Å²) in [5, 5.41) is 36.4. The summed E-state index contributed by atoms with van der Waals surface area (Å²) < 4.78 is 0.376. The number of phenolic OH excluding ortho intramolecular Hbond substituents is 1. The minimum atomic E-state index is -1.07. The number of hydrogen-bond donors (Lipinski definition) is 4. The van der Waals surface area contributed by atoms with Crippen LogP contribution in [0.3, 0.4) is 0 Å². The topological polar surface area (TPSA) is 80.9 Å². The Morgan fingerprint density at radius 3 is 1.96 bits per heavy atom. The van der Waals surface area contributed by atoms with Gasteiger partial charge in [-0.3, -0.25) is 0 Å². The quantitative estimate of drug-likeness (QED) is 0.589. The summed E-state index contributed by atoms with van der Waals surface area (Å²) in [6.07, 6.45) is 1.89. The second-order valence-corrected chi connectivity index (χ2v) is 9.06. The molecule has 4 nitrogen and oxygen atoms in total. The highest BCUT2D eigenvalue weighted by molar-refractivity contribution is 8.17. The van der Waals surface area contributed by atoms with Crippen LogP contribution in [0.15, 0.2) is 54.6 Å². The molecule has 1 aliphatic rings. The highest BCUT2D eigenvalue weighted by Crippen LogP contribution is 2.43. The molecule has 0 aliphatic carbocycles. The minimum Gasteiger partial charge on any atom is -0.508 e. The van der Waals surface area contributed by atoms with Crippen LogP contribution in [-0.4, -0.2) is 49.7 Å². The third-order valence-corrected chi connectivity index (χ3v) is 6.88. The third kappa shape index (κ3) is 8.05. The van der Waals surface area contributed by atoms with Gasteiger partial charge in [-0.15, -0.1) is 23.5 Å². The molecule has 1 fully saturated rings. The predicted molar refractivity (Wildman–Crippen MR) is 121 cm³/mol. The van der Waals surface area contributed by atoms with Crippen molar-refractivity contribution in [2.24, 2.45) is 0 Å². The largest absolute Gasteiger partial charge is 0.508 e. The van der Waals surface area contributed by atoms with E-state index in [0.717, 1.165) is 22.6 Å². The molecule has 2 aromatic rings. The Morgan fingerprint density at radius 2 is 1.43 bits per heavy atom. The van der Waals surface area contributed by atoms with Gasteiger partial charge in [0.2, 0.25) is 0 Å². The second kappa shape index (κ2) is 13.9. The predicted octanol–water partition coefficient (Wildman–Crippen LogP) is 4.21. The first-order valence-corrected chi connectivity index (χ1v) is 11.6. The van der Waals surface area contributed by atoms with E-state index in [4.69, 9.17) is 10.2 Å². The first-order chi connectivity index (χ1) is 13.5. The van der Waals surface area contributed by atoms with Crippen molar-refractivity contribution < 1.29 is 20.4 Å². The van der Waals surface area contributed by atoms with E-state index in [-0.39, 0.29) is 19.0 Å². The number of phenols is 1. The van der Waals surface area contributed by atoms with Gasteiger partial charge in [0, 0.05) is 19.6 Å². The lowest BCUT2D eigenvalue weighted by atomic mass is 9.84. The van der Waals surface area contributed by atoms with Crippen LogP contribution in [0.5, 0.6) is 5.75 Å². The van der Waals surface area contributed by atoms with Crippen LogP contribution in [0.2, 0.25) is 0 Å². The number of benzene rings is 2. The van der Waals surface area contributed by atoms with Gasteiger partial charge in [-0.1, -0.05) is 42.5 Å². The van der Waals surface area contributed by atoms with Crippen molar-refractivity contribution in [1.82, 2.24) is 0 Å². The van der Waals surface area contributed by atoms with Gasteiger partial charge in [0.25, 0.3) is 0 Å². The van der Waals surface area contributed by atoms with Crippen molar-refractivity contribution in [1.29, 1.82) is 0 Å². The molecule has 0 amide bonds. The Hall–Kier alpha value is -1.18. The van der Waals surface area contributed by atoms with Gasteiger partial charge in [-0.25, -0.2) is 0 Å². The number of thioether (sulfide) groups is 2. The Balaban J connectivity index is 0.000000582. The van der Waals surface area contributed by atoms with Crippen LogP contribution in [0.1, 0.15) is 37.8 Å². The van der Waals surface area contributed by atoms with E-state index < -0.39 is 5.60 Å². The van der Waals surface area contributed by atoms with Crippen LogP contribution in [0, 0.1) is 0 Å². The fourth-order valence-corrected chi connectivity index (χ4v) is 5.79. The molecule has 0 radical (unpaired) electrons. The summed E-state index contributed by atoms with van der Waals surface area (Å²) in [4.78, 5) is 0. The van der Waals surface area contributed by atoms with E-state index >= 15 is 0 Å². The molecule has 0 aromatic heterocycles. The van der Waals surface area contributed by atoms with Gasteiger partial charge < -0.3 is 20.4 Å². The van der Waals surface area contributed by atoms with Crippen molar-refractivity contribution in [2.45, 2.75) is 36.9 Å². The molecule has 28 heavy (non-hydrogen) atoms. The molecule has 6 heteroatoms. The lowest BCUT2D eigenvalue weighted by Crippen LogP contribution is -2.31. The highest BCUT2D eigenvalue weighted by Gasteiger charge is 2.35. The monoisotopic (exact) mass is 424 g/mol.